The molecule has 1 N–H and O–H groups in total. The molecular weight excluding hydrogens is 298 g/mol. The monoisotopic (exact) mass is 321 g/mol. The van der Waals surface area contributed by atoms with Crippen LogP contribution in [0.5, 0.6) is 0 Å². The summed E-state index contributed by atoms with van der Waals surface area (Å²) in [6, 6.07) is 0. The summed E-state index contributed by atoms with van der Waals surface area (Å²) >= 11 is 0. The van der Waals surface area contributed by atoms with Gasteiger partial charge in [-0.25, -0.2) is 4.68 Å². The number of nitrogens with zero attached hydrogens (tertiary/aromatic N) is 5. The highest BCUT2D eigenvalue weighted by atomic mass is 16.3. The normalized spacial score (nSPS) is 25.7. The van der Waals surface area contributed by atoms with Crippen LogP contribution in [0.3, 0.4) is 0 Å². The summed E-state index contributed by atoms with van der Waals surface area (Å²) < 4.78 is 1.59. The smallest absolute Gasteiger partial charge is 0.242 e. The minimum atomic E-state index is -0.993. The number of piperidine rings is 2. The van der Waals surface area contributed by atoms with Crippen LogP contribution in [0.4, 0.5) is 0 Å². The van der Waals surface area contributed by atoms with Crippen molar-refractivity contribution < 1.29 is 14.7 Å². The van der Waals surface area contributed by atoms with Gasteiger partial charge in [0.2, 0.25) is 11.8 Å². The molecule has 0 aliphatic carbocycles. The van der Waals surface area contributed by atoms with E-state index in [2.05, 4.69) is 10.3 Å². The largest absolute Gasteiger partial charge is 0.386 e. The van der Waals surface area contributed by atoms with Gasteiger partial charge < -0.3 is 14.9 Å². The molecule has 3 rings (SSSR count). The molecule has 0 aromatic carbocycles. The highest BCUT2D eigenvalue weighted by Crippen LogP contribution is 2.23. The first-order chi connectivity index (χ1) is 11.1. The summed E-state index contributed by atoms with van der Waals surface area (Å²) in [5.74, 6) is -0.0311. The molecule has 1 aromatic heterocycles. The standard InChI is InChI=1S/C15H23N5O3/c21-13-4-1-2-7-18(13)10-14(22)19-8-3-5-15(23,11-19)12-20-9-6-16-17-20/h6,9,23H,1-5,7-8,10-12H2. The second-order valence-electron chi connectivity index (χ2n) is 6.52. The van der Waals surface area contributed by atoms with E-state index in [4.69, 9.17) is 0 Å². The summed E-state index contributed by atoms with van der Waals surface area (Å²) in [7, 11) is 0. The Bertz CT molecular complexity index is 561. The number of rotatable bonds is 4. The van der Waals surface area contributed by atoms with E-state index in [1.54, 1.807) is 26.9 Å². The van der Waals surface area contributed by atoms with E-state index in [0.717, 1.165) is 19.3 Å². The van der Waals surface area contributed by atoms with Crippen LogP contribution in [-0.2, 0) is 16.1 Å². The van der Waals surface area contributed by atoms with Crippen LogP contribution in [0.15, 0.2) is 12.4 Å². The first-order valence-electron chi connectivity index (χ1n) is 8.18. The number of aromatic nitrogens is 3. The lowest BCUT2D eigenvalue weighted by Gasteiger charge is -2.40. The minimum absolute atomic E-state index is 0.0551. The van der Waals surface area contributed by atoms with Crippen molar-refractivity contribution in [1.29, 1.82) is 0 Å². The molecule has 1 aromatic rings. The SMILES string of the molecule is O=C1CCCCN1CC(=O)N1CCCC(O)(Cn2ccnn2)C1. The number of likely N-dealkylation sites (tertiary alicyclic amines) is 2. The number of aliphatic hydroxyl groups is 1. The average Bonchev–Trinajstić information content (AvgIpc) is 3.01. The Balaban J connectivity index is 1.58. The summed E-state index contributed by atoms with van der Waals surface area (Å²) in [5.41, 5.74) is -0.993. The maximum absolute atomic E-state index is 12.5. The van der Waals surface area contributed by atoms with E-state index in [-0.39, 0.29) is 24.9 Å². The highest BCUT2D eigenvalue weighted by Gasteiger charge is 2.36. The molecule has 2 fully saturated rings. The molecule has 8 nitrogen and oxygen atoms in total. The molecule has 8 heteroatoms. The maximum Gasteiger partial charge on any atom is 0.242 e. The predicted molar refractivity (Wildman–Crippen MR) is 81.2 cm³/mol. The number of carbonyl (C=O) groups is 2. The number of carbonyl (C=O) groups excluding carboxylic acids is 2. The third-order valence-corrected chi connectivity index (χ3v) is 4.58. The first kappa shape index (κ1) is 15.9. The second kappa shape index (κ2) is 6.66. The number of β-amino-alcohol motifs (C(OH)–C–C–N with tert-alkyl or cyclic N) is 1. The van der Waals surface area contributed by atoms with Crippen LogP contribution < -0.4 is 0 Å². The average molecular weight is 321 g/mol. The summed E-state index contributed by atoms with van der Waals surface area (Å²) in [5, 5.41) is 18.4. The molecule has 0 saturated carbocycles. The van der Waals surface area contributed by atoms with Gasteiger partial charge in [0.25, 0.3) is 0 Å². The molecule has 0 radical (unpaired) electrons. The fraction of sp³-hybridized carbons (Fsp3) is 0.733. The fourth-order valence-electron chi connectivity index (χ4n) is 3.37. The predicted octanol–water partition coefficient (Wildman–Crippen LogP) is -0.356. The minimum Gasteiger partial charge on any atom is -0.386 e. The van der Waals surface area contributed by atoms with Crippen molar-refractivity contribution in [3.8, 4) is 0 Å². The second-order valence-corrected chi connectivity index (χ2v) is 6.52. The van der Waals surface area contributed by atoms with Crippen LogP contribution in [0.1, 0.15) is 32.1 Å². The lowest BCUT2D eigenvalue weighted by Crippen LogP contribution is -2.54. The Labute approximate surface area is 135 Å². The highest BCUT2D eigenvalue weighted by molar-refractivity contribution is 5.85. The Morgan fingerprint density at radius 2 is 2.17 bits per heavy atom. The van der Waals surface area contributed by atoms with Gasteiger partial charge in [-0.2, -0.15) is 0 Å². The molecule has 0 spiro atoms. The Morgan fingerprint density at radius 1 is 1.30 bits per heavy atom. The van der Waals surface area contributed by atoms with Gasteiger partial charge in [-0.1, -0.05) is 5.21 Å². The van der Waals surface area contributed by atoms with Gasteiger partial charge >= 0.3 is 0 Å². The van der Waals surface area contributed by atoms with Crippen molar-refractivity contribution in [2.75, 3.05) is 26.2 Å². The van der Waals surface area contributed by atoms with Crippen LogP contribution >= 0.6 is 0 Å². The maximum atomic E-state index is 12.5. The Morgan fingerprint density at radius 3 is 2.91 bits per heavy atom. The van der Waals surface area contributed by atoms with Crippen LogP contribution in [0, 0.1) is 0 Å². The fourth-order valence-corrected chi connectivity index (χ4v) is 3.37. The van der Waals surface area contributed by atoms with Gasteiger partial charge in [0, 0.05) is 25.7 Å². The third kappa shape index (κ3) is 3.87. The summed E-state index contributed by atoms with van der Waals surface area (Å²) in [6.45, 7) is 1.99. The molecule has 126 valence electrons. The number of hydrogen-bond donors (Lipinski definition) is 1. The van der Waals surface area contributed by atoms with E-state index in [1.807, 2.05) is 0 Å². The molecule has 1 atom stereocenters. The van der Waals surface area contributed by atoms with Crippen molar-refractivity contribution in [3.63, 3.8) is 0 Å². The van der Waals surface area contributed by atoms with E-state index in [9.17, 15) is 14.7 Å². The molecule has 3 heterocycles. The molecule has 2 saturated heterocycles. The van der Waals surface area contributed by atoms with E-state index in [1.165, 1.54) is 0 Å². The van der Waals surface area contributed by atoms with Gasteiger partial charge in [-0.15, -0.1) is 5.10 Å². The molecule has 2 aliphatic rings. The Hall–Kier alpha value is -1.96. The molecule has 0 bridgehead atoms. The molecule has 1 unspecified atom stereocenters. The molecule has 23 heavy (non-hydrogen) atoms. The Kier molecular flexibility index (Phi) is 4.61. The van der Waals surface area contributed by atoms with Gasteiger partial charge in [-0.3, -0.25) is 9.59 Å². The van der Waals surface area contributed by atoms with E-state index < -0.39 is 5.60 Å². The molecular formula is C15H23N5O3. The quantitative estimate of drug-likeness (QED) is 0.818. The summed E-state index contributed by atoms with van der Waals surface area (Å²) in [4.78, 5) is 27.6. The molecule has 2 aliphatic heterocycles. The van der Waals surface area contributed by atoms with Crippen molar-refractivity contribution in [2.45, 2.75) is 44.2 Å². The zero-order chi connectivity index (χ0) is 16.3. The van der Waals surface area contributed by atoms with Gasteiger partial charge in [0.15, 0.2) is 0 Å². The lowest BCUT2D eigenvalue weighted by atomic mass is 9.92. The van der Waals surface area contributed by atoms with Crippen molar-refractivity contribution >= 4 is 11.8 Å². The van der Waals surface area contributed by atoms with Gasteiger partial charge in [0.1, 0.15) is 5.60 Å². The topological polar surface area (TPSA) is 91.6 Å². The number of amides is 2. The van der Waals surface area contributed by atoms with Crippen molar-refractivity contribution in [3.05, 3.63) is 12.4 Å². The first-order valence-corrected chi connectivity index (χ1v) is 8.18. The third-order valence-electron chi connectivity index (χ3n) is 4.58. The lowest BCUT2D eigenvalue weighted by molar-refractivity contribution is -0.146. The van der Waals surface area contributed by atoms with Gasteiger partial charge in [-0.05, 0) is 25.7 Å². The summed E-state index contributed by atoms with van der Waals surface area (Å²) in [6.07, 6.45) is 7.02. The zero-order valence-corrected chi connectivity index (χ0v) is 13.2. The number of hydrogen-bond acceptors (Lipinski definition) is 5. The van der Waals surface area contributed by atoms with Crippen molar-refractivity contribution in [2.24, 2.45) is 0 Å². The van der Waals surface area contributed by atoms with Crippen LogP contribution in [0.25, 0.3) is 0 Å². The van der Waals surface area contributed by atoms with E-state index >= 15 is 0 Å². The molecule has 2 amide bonds. The zero-order valence-electron chi connectivity index (χ0n) is 13.2. The van der Waals surface area contributed by atoms with Gasteiger partial charge in [0.05, 0.1) is 25.8 Å². The van der Waals surface area contributed by atoms with Crippen LogP contribution in [0.2, 0.25) is 0 Å². The van der Waals surface area contributed by atoms with Crippen molar-refractivity contribution in [1.82, 2.24) is 24.8 Å². The van der Waals surface area contributed by atoms with Crippen LogP contribution in [-0.4, -0.2) is 73.5 Å². The van der Waals surface area contributed by atoms with E-state index in [0.29, 0.717) is 32.5 Å².